The molecule has 0 aromatic carbocycles. The van der Waals surface area contributed by atoms with Gasteiger partial charge in [-0.3, -0.25) is 14.6 Å². The van der Waals surface area contributed by atoms with E-state index in [0.29, 0.717) is 13.0 Å². The molecule has 0 saturated heterocycles. The molecule has 1 aromatic rings. The maximum absolute atomic E-state index is 12.4. The fourth-order valence-electron chi connectivity index (χ4n) is 2.69. The van der Waals surface area contributed by atoms with Gasteiger partial charge in [-0.1, -0.05) is 19.9 Å². The summed E-state index contributed by atoms with van der Waals surface area (Å²) in [5.74, 6) is -0.146. The Kier molecular flexibility index (Phi) is 5.92. The molecule has 2 atom stereocenters. The SMILES string of the molecule is CCCN(CCC)C(=O)C1CC1C(=O)NCc1cccnc1. The molecule has 1 aromatic heterocycles. The summed E-state index contributed by atoms with van der Waals surface area (Å²) < 4.78 is 0. The first-order chi connectivity index (χ1) is 10.7. The van der Waals surface area contributed by atoms with Crippen LogP contribution < -0.4 is 5.32 Å². The lowest BCUT2D eigenvalue weighted by atomic mass is 10.2. The average molecular weight is 303 g/mol. The lowest BCUT2D eigenvalue weighted by Gasteiger charge is -2.21. The molecule has 1 heterocycles. The summed E-state index contributed by atoms with van der Waals surface area (Å²) in [6, 6.07) is 3.77. The quantitative estimate of drug-likeness (QED) is 0.799. The third kappa shape index (κ3) is 4.29. The normalized spacial score (nSPS) is 19.5. The smallest absolute Gasteiger partial charge is 0.226 e. The molecule has 1 fully saturated rings. The zero-order valence-corrected chi connectivity index (χ0v) is 13.4. The lowest BCUT2D eigenvalue weighted by Crippen LogP contribution is -2.35. The van der Waals surface area contributed by atoms with Gasteiger partial charge in [-0.25, -0.2) is 0 Å². The minimum Gasteiger partial charge on any atom is -0.352 e. The Balaban J connectivity index is 1.80. The van der Waals surface area contributed by atoms with E-state index >= 15 is 0 Å². The van der Waals surface area contributed by atoms with Crippen molar-refractivity contribution in [3.8, 4) is 0 Å². The Labute approximate surface area is 132 Å². The second-order valence-electron chi connectivity index (χ2n) is 5.85. The van der Waals surface area contributed by atoms with Gasteiger partial charge in [-0.15, -0.1) is 0 Å². The first kappa shape index (κ1) is 16.5. The van der Waals surface area contributed by atoms with Gasteiger partial charge in [-0.2, -0.15) is 0 Å². The van der Waals surface area contributed by atoms with Crippen LogP contribution >= 0.6 is 0 Å². The van der Waals surface area contributed by atoms with Crippen molar-refractivity contribution in [2.75, 3.05) is 13.1 Å². The van der Waals surface area contributed by atoms with Crippen LogP contribution in [0.15, 0.2) is 24.5 Å². The number of carbonyl (C=O) groups excluding carboxylic acids is 2. The predicted octanol–water partition coefficient (Wildman–Crippen LogP) is 1.98. The molecule has 1 N–H and O–H groups in total. The van der Waals surface area contributed by atoms with Crippen molar-refractivity contribution in [2.45, 2.75) is 39.7 Å². The van der Waals surface area contributed by atoms with E-state index in [1.54, 1.807) is 12.4 Å². The highest BCUT2D eigenvalue weighted by atomic mass is 16.2. The van der Waals surface area contributed by atoms with Crippen molar-refractivity contribution in [3.05, 3.63) is 30.1 Å². The summed E-state index contributed by atoms with van der Waals surface area (Å²) in [7, 11) is 0. The topological polar surface area (TPSA) is 62.3 Å². The highest BCUT2D eigenvalue weighted by Gasteiger charge is 2.49. The summed E-state index contributed by atoms with van der Waals surface area (Å²) in [6.07, 6.45) is 6.03. The van der Waals surface area contributed by atoms with E-state index in [0.717, 1.165) is 31.5 Å². The van der Waals surface area contributed by atoms with Crippen molar-refractivity contribution in [1.29, 1.82) is 0 Å². The Morgan fingerprint density at radius 1 is 1.27 bits per heavy atom. The summed E-state index contributed by atoms with van der Waals surface area (Å²) in [6.45, 7) is 6.18. The molecule has 1 aliphatic carbocycles. The molecule has 120 valence electrons. The largest absolute Gasteiger partial charge is 0.352 e. The zero-order valence-electron chi connectivity index (χ0n) is 13.4. The number of nitrogens with one attached hydrogen (secondary N) is 1. The number of nitrogens with zero attached hydrogens (tertiary/aromatic N) is 2. The summed E-state index contributed by atoms with van der Waals surface area (Å²) in [5, 5.41) is 2.90. The Morgan fingerprint density at radius 3 is 2.59 bits per heavy atom. The van der Waals surface area contributed by atoms with Gasteiger partial charge in [0.2, 0.25) is 11.8 Å². The van der Waals surface area contributed by atoms with E-state index in [4.69, 9.17) is 0 Å². The Hall–Kier alpha value is -1.91. The van der Waals surface area contributed by atoms with Gasteiger partial charge >= 0.3 is 0 Å². The molecule has 0 radical (unpaired) electrons. The highest BCUT2D eigenvalue weighted by Crippen LogP contribution is 2.40. The van der Waals surface area contributed by atoms with Crippen LogP contribution in [0.4, 0.5) is 0 Å². The van der Waals surface area contributed by atoms with Gasteiger partial charge in [-0.05, 0) is 30.9 Å². The number of rotatable bonds is 8. The van der Waals surface area contributed by atoms with Gasteiger partial charge < -0.3 is 10.2 Å². The fraction of sp³-hybridized carbons (Fsp3) is 0.588. The van der Waals surface area contributed by atoms with Gasteiger partial charge in [0, 0.05) is 32.0 Å². The summed E-state index contributed by atoms with van der Waals surface area (Å²) >= 11 is 0. The molecular weight excluding hydrogens is 278 g/mol. The van der Waals surface area contributed by atoms with Gasteiger partial charge in [0.05, 0.1) is 11.8 Å². The van der Waals surface area contributed by atoms with Crippen molar-refractivity contribution < 1.29 is 9.59 Å². The standard InChI is InChI=1S/C17H25N3O2/c1-3-8-20(9-4-2)17(22)15-10-14(15)16(21)19-12-13-6-5-7-18-11-13/h5-7,11,14-15H,3-4,8-10,12H2,1-2H3,(H,19,21). The van der Waals surface area contributed by atoms with Crippen LogP contribution in [-0.2, 0) is 16.1 Å². The molecule has 1 aliphatic rings. The van der Waals surface area contributed by atoms with Gasteiger partial charge in [0.15, 0.2) is 0 Å². The third-order valence-corrected chi connectivity index (χ3v) is 3.93. The van der Waals surface area contributed by atoms with E-state index in [9.17, 15) is 9.59 Å². The number of hydrogen-bond donors (Lipinski definition) is 1. The minimum atomic E-state index is -0.152. The molecular formula is C17H25N3O2. The van der Waals surface area contributed by atoms with Gasteiger partial charge in [0.1, 0.15) is 0 Å². The van der Waals surface area contributed by atoms with E-state index < -0.39 is 0 Å². The summed E-state index contributed by atoms with van der Waals surface area (Å²) in [5.41, 5.74) is 0.970. The van der Waals surface area contributed by atoms with Crippen LogP contribution in [-0.4, -0.2) is 34.8 Å². The zero-order chi connectivity index (χ0) is 15.9. The van der Waals surface area contributed by atoms with Crippen LogP contribution in [0.25, 0.3) is 0 Å². The maximum Gasteiger partial charge on any atom is 0.226 e. The van der Waals surface area contributed by atoms with Crippen molar-refractivity contribution in [2.24, 2.45) is 11.8 Å². The van der Waals surface area contributed by atoms with E-state index in [-0.39, 0.29) is 23.7 Å². The second-order valence-corrected chi connectivity index (χ2v) is 5.85. The van der Waals surface area contributed by atoms with Crippen LogP contribution in [0, 0.1) is 11.8 Å². The monoisotopic (exact) mass is 303 g/mol. The number of amides is 2. The third-order valence-electron chi connectivity index (χ3n) is 3.93. The van der Waals surface area contributed by atoms with Crippen molar-refractivity contribution in [1.82, 2.24) is 15.2 Å². The molecule has 2 rings (SSSR count). The van der Waals surface area contributed by atoms with Gasteiger partial charge in [0.25, 0.3) is 0 Å². The molecule has 2 amide bonds. The maximum atomic E-state index is 12.4. The fourth-order valence-corrected chi connectivity index (χ4v) is 2.69. The van der Waals surface area contributed by atoms with Crippen LogP contribution in [0.3, 0.4) is 0 Å². The number of aromatic nitrogens is 1. The van der Waals surface area contributed by atoms with Crippen LogP contribution in [0.1, 0.15) is 38.7 Å². The van der Waals surface area contributed by atoms with E-state index in [1.807, 2.05) is 17.0 Å². The summed E-state index contributed by atoms with van der Waals surface area (Å²) in [4.78, 5) is 30.5. The Morgan fingerprint density at radius 2 is 2.00 bits per heavy atom. The molecule has 5 nitrogen and oxygen atoms in total. The van der Waals surface area contributed by atoms with E-state index in [2.05, 4.69) is 24.1 Å². The predicted molar refractivity (Wildman–Crippen MR) is 84.8 cm³/mol. The number of pyridine rings is 1. The number of carbonyl (C=O) groups is 2. The molecule has 22 heavy (non-hydrogen) atoms. The highest BCUT2D eigenvalue weighted by molar-refractivity contribution is 5.92. The van der Waals surface area contributed by atoms with Crippen molar-refractivity contribution >= 4 is 11.8 Å². The molecule has 5 heteroatoms. The lowest BCUT2D eigenvalue weighted by molar-refractivity contribution is -0.134. The minimum absolute atomic E-state index is 0.0184. The second kappa shape index (κ2) is 7.92. The first-order valence-electron chi connectivity index (χ1n) is 8.12. The van der Waals surface area contributed by atoms with Crippen molar-refractivity contribution in [3.63, 3.8) is 0 Å². The van der Waals surface area contributed by atoms with Crippen LogP contribution in [0.5, 0.6) is 0 Å². The van der Waals surface area contributed by atoms with Crippen LogP contribution in [0.2, 0.25) is 0 Å². The molecule has 1 saturated carbocycles. The molecule has 0 bridgehead atoms. The average Bonchev–Trinajstić information content (AvgIpc) is 3.33. The number of hydrogen-bond acceptors (Lipinski definition) is 3. The molecule has 2 unspecified atom stereocenters. The van der Waals surface area contributed by atoms with E-state index in [1.165, 1.54) is 0 Å². The molecule has 0 aliphatic heterocycles. The first-order valence-corrected chi connectivity index (χ1v) is 8.12. The Bertz CT molecular complexity index is 498. The molecule has 0 spiro atoms.